The van der Waals surface area contributed by atoms with Crippen molar-refractivity contribution in [3.8, 4) is 0 Å². The van der Waals surface area contributed by atoms with Gasteiger partial charge in [-0.3, -0.25) is 0 Å². The molecule has 2 amide bonds. The molecule has 16 heavy (non-hydrogen) atoms. The first-order chi connectivity index (χ1) is 7.37. The third-order valence-electron chi connectivity index (χ3n) is 1.91. The van der Waals surface area contributed by atoms with E-state index in [0.717, 1.165) is 6.54 Å². The van der Waals surface area contributed by atoms with Crippen molar-refractivity contribution in [1.82, 2.24) is 20.2 Å². The van der Waals surface area contributed by atoms with Crippen molar-refractivity contribution < 1.29 is 4.79 Å². The minimum Gasteiger partial charge on any atom is -0.335 e. The third kappa shape index (κ3) is 4.82. The van der Waals surface area contributed by atoms with Crippen molar-refractivity contribution in [3.63, 3.8) is 0 Å². The van der Waals surface area contributed by atoms with Crippen LogP contribution in [0.15, 0.2) is 18.7 Å². The summed E-state index contributed by atoms with van der Waals surface area (Å²) in [6, 6.07) is -0.0725. The highest BCUT2D eigenvalue weighted by atomic mass is 16.2. The normalized spacial score (nSPS) is 13.2. The van der Waals surface area contributed by atoms with E-state index in [-0.39, 0.29) is 17.6 Å². The van der Waals surface area contributed by atoms with Gasteiger partial charge in [0.15, 0.2) is 0 Å². The summed E-state index contributed by atoms with van der Waals surface area (Å²) in [5.74, 6) is 0. The fraction of sp³-hybridized carbons (Fsp3) is 0.636. The number of carbonyl (C=O) groups is 1. The molecule has 1 atom stereocenters. The number of urea groups is 1. The number of hydrogen-bond donors (Lipinski definition) is 2. The Balaban J connectivity index is 2.34. The lowest BCUT2D eigenvalue weighted by Gasteiger charge is -2.23. The van der Waals surface area contributed by atoms with Gasteiger partial charge in [0.05, 0.1) is 6.33 Å². The van der Waals surface area contributed by atoms with Crippen LogP contribution >= 0.6 is 0 Å². The van der Waals surface area contributed by atoms with Crippen molar-refractivity contribution in [2.45, 2.75) is 45.8 Å². The Labute approximate surface area is 96.3 Å². The number of aromatic nitrogens is 2. The lowest BCUT2D eigenvalue weighted by atomic mass is 10.1. The molecule has 2 N–H and O–H groups in total. The molecule has 0 aromatic carbocycles. The predicted octanol–water partition coefficient (Wildman–Crippen LogP) is 1.37. The van der Waals surface area contributed by atoms with Crippen molar-refractivity contribution in [1.29, 1.82) is 0 Å². The van der Waals surface area contributed by atoms with Gasteiger partial charge in [0.2, 0.25) is 0 Å². The van der Waals surface area contributed by atoms with Crippen LogP contribution in [0.5, 0.6) is 0 Å². The molecule has 1 aromatic rings. The third-order valence-corrected chi connectivity index (χ3v) is 1.91. The van der Waals surface area contributed by atoms with E-state index >= 15 is 0 Å². The van der Waals surface area contributed by atoms with E-state index in [1.165, 1.54) is 0 Å². The fourth-order valence-electron chi connectivity index (χ4n) is 1.36. The summed E-state index contributed by atoms with van der Waals surface area (Å²) in [5.41, 5.74) is -0.210. The quantitative estimate of drug-likeness (QED) is 0.814. The number of imidazole rings is 1. The number of nitrogens with zero attached hydrogens (tertiary/aromatic N) is 2. The summed E-state index contributed by atoms with van der Waals surface area (Å²) in [6.45, 7) is 8.53. The number of hydrogen-bond acceptors (Lipinski definition) is 2. The van der Waals surface area contributed by atoms with Crippen molar-refractivity contribution >= 4 is 6.03 Å². The molecule has 0 saturated carbocycles. The van der Waals surface area contributed by atoms with Gasteiger partial charge >= 0.3 is 6.03 Å². The molecule has 1 aromatic heterocycles. The second-order valence-corrected chi connectivity index (χ2v) is 5.01. The molecule has 1 heterocycles. The molecule has 1 rings (SSSR count). The number of amides is 2. The van der Waals surface area contributed by atoms with Crippen LogP contribution in [0.4, 0.5) is 4.79 Å². The average molecular weight is 224 g/mol. The largest absolute Gasteiger partial charge is 0.335 e. The Bertz CT molecular complexity index is 326. The highest BCUT2D eigenvalue weighted by molar-refractivity contribution is 5.74. The van der Waals surface area contributed by atoms with Gasteiger partial charge in [-0.2, -0.15) is 0 Å². The van der Waals surface area contributed by atoms with E-state index < -0.39 is 0 Å². The maximum Gasteiger partial charge on any atom is 0.315 e. The van der Waals surface area contributed by atoms with Gasteiger partial charge in [-0.15, -0.1) is 0 Å². The summed E-state index contributed by atoms with van der Waals surface area (Å²) in [5, 5.41) is 5.73. The standard InChI is InChI=1S/C11H20N4O/c1-9(7-15-6-5-12-8-15)13-10(16)14-11(2,3)4/h5-6,8-9H,7H2,1-4H3,(H2,13,14,16). The summed E-state index contributed by atoms with van der Waals surface area (Å²) < 4.78 is 1.93. The van der Waals surface area contributed by atoms with E-state index in [0.29, 0.717) is 0 Å². The maximum atomic E-state index is 11.6. The second-order valence-electron chi connectivity index (χ2n) is 5.01. The Kier molecular flexibility index (Phi) is 3.93. The predicted molar refractivity (Wildman–Crippen MR) is 63.1 cm³/mol. The van der Waals surface area contributed by atoms with Crippen LogP contribution in [-0.4, -0.2) is 27.2 Å². The molecule has 0 radical (unpaired) electrons. The van der Waals surface area contributed by atoms with Gasteiger partial charge in [-0.05, 0) is 27.7 Å². The minimum atomic E-state index is -0.210. The summed E-state index contributed by atoms with van der Waals surface area (Å²) in [4.78, 5) is 15.5. The molecule has 0 aliphatic heterocycles. The Morgan fingerprint density at radius 3 is 2.69 bits per heavy atom. The van der Waals surface area contributed by atoms with Crippen molar-refractivity contribution in [2.24, 2.45) is 0 Å². The highest BCUT2D eigenvalue weighted by Crippen LogP contribution is 1.98. The van der Waals surface area contributed by atoms with Crippen LogP contribution in [-0.2, 0) is 6.54 Å². The minimum absolute atomic E-state index is 0.0662. The topological polar surface area (TPSA) is 59.0 Å². The second kappa shape index (κ2) is 5.01. The van der Waals surface area contributed by atoms with Gasteiger partial charge in [0, 0.05) is 30.5 Å². The Hall–Kier alpha value is -1.52. The maximum absolute atomic E-state index is 11.6. The first-order valence-electron chi connectivity index (χ1n) is 5.41. The van der Waals surface area contributed by atoms with Gasteiger partial charge < -0.3 is 15.2 Å². The lowest BCUT2D eigenvalue weighted by Crippen LogP contribution is -2.49. The molecule has 0 spiro atoms. The van der Waals surface area contributed by atoms with Gasteiger partial charge in [0.1, 0.15) is 0 Å². The van der Waals surface area contributed by atoms with Gasteiger partial charge in [0.25, 0.3) is 0 Å². The van der Waals surface area contributed by atoms with E-state index in [2.05, 4.69) is 15.6 Å². The van der Waals surface area contributed by atoms with Gasteiger partial charge in [-0.1, -0.05) is 0 Å². The number of nitrogens with one attached hydrogen (secondary N) is 2. The Morgan fingerprint density at radius 1 is 1.50 bits per heavy atom. The molecule has 90 valence electrons. The molecule has 5 heteroatoms. The first kappa shape index (κ1) is 12.5. The van der Waals surface area contributed by atoms with Crippen LogP contribution in [0.1, 0.15) is 27.7 Å². The first-order valence-corrected chi connectivity index (χ1v) is 5.41. The van der Waals surface area contributed by atoms with Crippen LogP contribution in [0.25, 0.3) is 0 Å². The van der Waals surface area contributed by atoms with E-state index in [1.807, 2.05) is 38.5 Å². The van der Waals surface area contributed by atoms with E-state index in [9.17, 15) is 4.79 Å². The molecule has 0 fully saturated rings. The van der Waals surface area contributed by atoms with Crippen LogP contribution < -0.4 is 10.6 Å². The smallest absolute Gasteiger partial charge is 0.315 e. The summed E-state index contributed by atoms with van der Waals surface area (Å²) in [6.07, 6.45) is 5.33. The zero-order chi connectivity index (χ0) is 12.2. The average Bonchev–Trinajstić information content (AvgIpc) is 2.51. The van der Waals surface area contributed by atoms with Crippen LogP contribution in [0.3, 0.4) is 0 Å². The summed E-state index contributed by atoms with van der Waals surface area (Å²) in [7, 11) is 0. The van der Waals surface area contributed by atoms with E-state index in [4.69, 9.17) is 0 Å². The lowest BCUT2D eigenvalue weighted by molar-refractivity contribution is 0.227. The van der Waals surface area contributed by atoms with Crippen LogP contribution in [0.2, 0.25) is 0 Å². The molecule has 1 unspecified atom stereocenters. The van der Waals surface area contributed by atoms with Gasteiger partial charge in [-0.25, -0.2) is 9.78 Å². The summed E-state index contributed by atoms with van der Waals surface area (Å²) >= 11 is 0. The van der Waals surface area contributed by atoms with Crippen molar-refractivity contribution in [2.75, 3.05) is 0 Å². The number of rotatable bonds is 3. The molecule has 0 aliphatic rings. The molecule has 5 nitrogen and oxygen atoms in total. The zero-order valence-corrected chi connectivity index (χ0v) is 10.3. The fourth-order valence-corrected chi connectivity index (χ4v) is 1.36. The van der Waals surface area contributed by atoms with E-state index in [1.54, 1.807) is 12.5 Å². The molecular formula is C11H20N4O. The molecule has 0 aliphatic carbocycles. The number of carbonyl (C=O) groups excluding carboxylic acids is 1. The van der Waals surface area contributed by atoms with Crippen molar-refractivity contribution in [3.05, 3.63) is 18.7 Å². The SMILES string of the molecule is CC(Cn1ccnc1)NC(=O)NC(C)(C)C. The molecule has 0 bridgehead atoms. The zero-order valence-electron chi connectivity index (χ0n) is 10.3. The monoisotopic (exact) mass is 224 g/mol. The Morgan fingerprint density at radius 2 is 2.19 bits per heavy atom. The van der Waals surface area contributed by atoms with Crippen LogP contribution in [0, 0.1) is 0 Å². The molecular weight excluding hydrogens is 204 g/mol. The highest BCUT2D eigenvalue weighted by Gasteiger charge is 2.15. The molecule has 0 saturated heterocycles.